The Morgan fingerprint density at radius 1 is 1.38 bits per heavy atom. The van der Waals surface area contributed by atoms with Gasteiger partial charge in [-0.15, -0.1) is 10.2 Å². The van der Waals surface area contributed by atoms with Gasteiger partial charge in [0.15, 0.2) is 11.5 Å². The van der Waals surface area contributed by atoms with E-state index >= 15 is 0 Å². The van der Waals surface area contributed by atoms with Crippen LogP contribution in [0.4, 0.5) is 5.82 Å². The third-order valence-corrected chi connectivity index (χ3v) is 3.69. The predicted octanol–water partition coefficient (Wildman–Crippen LogP) is 0.390. The van der Waals surface area contributed by atoms with Crippen molar-refractivity contribution in [1.82, 2.24) is 15.1 Å². The Balaban J connectivity index is 1.94. The van der Waals surface area contributed by atoms with Crippen LogP contribution in [-0.4, -0.2) is 53.2 Å². The number of piperazine rings is 1. The Morgan fingerprint density at radius 3 is 2.57 bits per heavy atom. The summed E-state index contributed by atoms with van der Waals surface area (Å²) < 4.78 is 0. The van der Waals surface area contributed by atoms with Crippen LogP contribution in [-0.2, 0) is 0 Å². The van der Waals surface area contributed by atoms with Crippen LogP contribution in [0, 0.1) is 11.3 Å². The van der Waals surface area contributed by atoms with E-state index in [9.17, 15) is 10.1 Å². The van der Waals surface area contributed by atoms with Crippen LogP contribution in [0.2, 0.25) is 0 Å². The Labute approximate surface area is 124 Å². The number of nitrogens with two attached hydrogens (primary N) is 1. The summed E-state index contributed by atoms with van der Waals surface area (Å²) in [6.07, 6.45) is 1.92. The molecule has 1 aliphatic rings. The highest BCUT2D eigenvalue weighted by Gasteiger charge is 2.23. The first-order valence-electron chi connectivity index (χ1n) is 7.18. The van der Waals surface area contributed by atoms with Gasteiger partial charge in [0, 0.05) is 26.2 Å². The normalized spacial score (nSPS) is 17.2. The average Bonchev–Trinajstić information content (AvgIpc) is 2.53. The van der Waals surface area contributed by atoms with Crippen molar-refractivity contribution >= 4 is 11.7 Å². The second-order valence-corrected chi connectivity index (χ2v) is 5.10. The Morgan fingerprint density at radius 2 is 2.10 bits per heavy atom. The van der Waals surface area contributed by atoms with E-state index in [1.54, 1.807) is 12.1 Å². The van der Waals surface area contributed by atoms with Crippen LogP contribution < -0.4 is 10.6 Å². The van der Waals surface area contributed by atoms with E-state index in [0.29, 0.717) is 0 Å². The maximum absolute atomic E-state index is 11.0. The van der Waals surface area contributed by atoms with Crippen LogP contribution in [0.25, 0.3) is 0 Å². The minimum absolute atomic E-state index is 0.000437. The van der Waals surface area contributed by atoms with Crippen LogP contribution >= 0.6 is 0 Å². The summed E-state index contributed by atoms with van der Waals surface area (Å²) >= 11 is 0. The van der Waals surface area contributed by atoms with Crippen molar-refractivity contribution < 1.29 is 4.79 Å². The smallest absolute Gasteiger partial charge is 0.269 e. The van der Waals surface area contributed by atoms with Crippen LogP contribution in [0.5, 0.6) is 0 Å². The summed E-state index contributed by atoms with van der Waals surface area (Å²) in [5.74, 6) is 0.166. The topological polar surface area (TPSA) is 99.1 Å². The minimum Gasteiger partial charge on any atom is -0.364 e. The lowest BCUT2D eigenvalue weighted by molar-refractivity contribution is 0.0994. The monoisotopic (exact) mass is 288 g/mol. The molecule has 7 nitrogen and oxygen atoms in total. The molecule has 1 aliphatic heterocycles. The molecule has 0 spiro atoms. The standard InChI is InChI=1S/C14H20N6O/c1-2-3-11(10-15)19-6-8-20(9-7-19)13-5-4-12(14(16)21)17-18-13/h4-5,11H,2-3,6-9H2,1H3,(H2,16,21). The number of carbonyl (C=O) groups excluding carboxylic acids is 1. The molecule has 0 aromatic carbocycles. The third kappa shape index (κ3) is 3.67. The Kier molecular flexibility index (Phi) is 5.06. The molecule has 0 aliphatic carbocycles. The summed E-state index contributed by atoms with van der Waals surface area (Å²) in [6, 6.07) is 5.73. The Hall–Kier alpha value is -2.20. The van der Waals surface area contributed by atoms with Gasteiger partial charge in [-0.25, -0.2) is 0 Å². The molecule has 112 valence electrons. The third-order valence-electron chi connectivity index (χ3n) is 3.69. The van der Waals surface area contributed by atoms with E-state index in [-0.39, 0.29) is 11.7 Å². The molecule has 2 N–H and O–H groups in total. The highest BCUT2D eigenvalue weighted by Crippen LogP contribution is 2.15. The van der Waals surface area contributed by atoms with Crippen LogP contribution in [0.1, 0.15) is 30.3 Å². The van der Waals surface area contributed by atoms with Gasteiger partial charge in [-0.3, -0.25) is 9.69 Å². The quantitative estimate of drug-likeness (QED) is 0.841. The average molecular weight is 288 g/mol. The fraction of sp³-hybridized carbons (Fsp3) is 0.571. The van der Waals surface area contributed by atoms with Crippen molar-refractivity contribution in [2.24, 2.45) is 5.73 Å². The summed E-state index contributed by atoms with van der Waals surface area (Å²) in [5.41, 5.74) is 5.32. The lowest BCUT2D eigenvalue weighted by atomic mass is 10.1. The van der Waals surface area contributed by atoms with Crippen molar-refractivity contribution in [2.45, 2.75) is 25.8 Å². The molecular weight excluding hydrogens is 268 g/mol. The van der Waals surface area contributed by atoms with Gasteiger partial charge in [-0.2, -0.15) is 5.26 Å². The van der Waals surface area contributed by atoms with Crippen LogP contribution in [0.15, 0.2) is 12.1 Å². The lowest BCUT2D eigenvalue weighted by Gasteiger charge is -2.37. The molecule has 7 heteroatoms. The van der Waals surface area contributed by atoms with E-state index in [0.717, 1.165) is 44.8 Å². The summed E-state index contributed by atoms with van der Waals surface area (Å²) in [4.78, 5) is 15.3. The van der Waals surface area contributed by atoms with E-state index < -0.39 is 5.91 Å². The highest BCUT2D eigenvalue weighted by atomic mass is 16.1. The summed E-state index contributed by atoms with van der Waals surface area (Å²) in [5, 5.41) is 17.1. The molecule has 21 heavy (non-hydrogen) atoms. The largest absolute Gasteiger partial charge is 0.364 e. The molecule has 1 fully saturated rings. The minimum atomic E-state index is -0.574. The van der Waals surface area contributed by atoms with Gasteiger partial charge in [0.2, 0.25) is 0 Å². The van der Waals surface area contributed by atoms with E-state index in [4.69, 9.17) is 5.73 Å². The number of hydrogen-bond donors (Lipinski definition) is 1. The number of amides is 1. The van der Waals surface area contributed by atoms with Gasteiger partial charge in [0.25, 0.3) is 5.91 Å². The molecule has 2 rings (SSSR count). The zero-order chi connectivity index (χ0) is 15.2. The molecule has 0 saturated carbocycles. The summed E-state index contributed by atoms with van der Waals surface area (Å²) in [6.45, 7) is 5.35. The van der Waals surface area contributed by atoms with Crippen LogP contribution in [0.3, 0.4) is 0 Å². The number of nitrogens with zero attached hydrogens (tertiary/aromatic N) is 5. The number of nitriles is 1. The molecule has 1 aromatic rings. The van der Waals surface area contributed by atoms with Gasteiger partial charge >= 0.3 is 0 Å². The maximum Gasteiger partial charge on any atom is 0.269 e. The van der Waals surface area contributed by atoms with Gasteiger partial charge < -0.3 is 10.6 Å². The second kappa shape index (κ2) is 6.99. The van der Waals surface area contributed by atoms with Crippen molar-refractivity contribution in [3.63, 3.8) is 0 Å². The van der Waals surface area contributed by atoms with Crippen molar-refractivity contribution in [3.05, 3.63) is 17.8 Å². The number of carbonyl (C=O) groups is 1. The summed E-state index contributed by atoms with van der Waals surface area (Å²) in [7, 11) is 0. The fourth-order valence-electron chi connectivity index (χ4n) is 2.49. The molecule has 0 bridgehead atoms. The van der Waals surface area contributed by atoms with E-state index in [2.05, 4.69) is 33.0 Å². The molecule has 2 heterocycles. The number of rotatable bonds is 5. The zero-order valence-corrected chi connectivity index (χ0v) is 12.2. The molecule has 1 aromatic heterocycles. The lowest BCUT2D eigenvalue weighted by Crippen LogP contribution is -2.50. The second-order valence-electron chi connectivity index (χ2n) is 5.10. The van der Waals surface area contributed by atoms with E-state index in [1.165, 1.54) is 0 Å². The number of hydrogen-bond acceptors (Lipinski definition) is 6. The molecule has 1 amide bonds. The van der Waals surface area contributed by atoms with Crippen molar-refractivity contribution in [2.75, 3.05) is 31.1 Å². The maximum atomic E-state index is 11.0. The number of aromatic nitrogens is 2. The number of anilines is 1. The fourth-order valence-corrected chi connectivity index (χ4v) is 2.49. The molecular formula is C14H20N6O. The van der Waals surface area contributed by atoms with Gasteiger partial charge in [-0.1, -0.05) is 13.3 Å². The SMILES string of the molecule is CCCC(C#N)N1CCN(c2ccc(C(N)=O)nn2)CC1. The first-order chi connectivity index (χ1) is 10.2. The molecule has 0 radical (unpaired) electrons. The Bertz CT molecular complexity index is 515. The number of primary amides is 1. The zero-order valence-electron chi connectivity index (χ0n) is 12.2. The van der Waals surface area contributed by atoms with E-state index in [1.807, 2.05) is 0 Å². The predicted molar refractivity (Wildman–Crippen MR) is 78.6 cm³/mol. The van der Waals surface area contributed by atoms with Gasteiger partial charge in [0.1, 0.15) is 0 Å². The van der Waals surface area contributed by atoms with Gasteiger partial charge in [0.05, 0.1) is 12.1 Å². The van der Waals surface area contributed by atoms with Crippen molar-refractivity contribution in [3.8, 4) is 6.07 Å². The first-order valence-corrected chi connectivity index (χ1v) is 7.18. The molecule has 1 saturated heterocycles. The molecule has 1 unspecified atom stereocenters. The highest BCUT2D eigenvalue weighted by molar-refractivity contribution is 5.90. The van der Waals surface area contributed by atoms with Gasteiger partial charge in [-0.05, 0) is 18.6 Å². The van der Waals surface area contributed by atoms with Crippen molar-refractivity contribution in [1.29, 1.82) is 5.26 Å². The molecule has 1 atom stereocenters. The first kappa shape index (κ1) is 15.2.